The van der Waals surface area contributed by atoms with Gasteiger partial charge in [-0.25, -0.2) is 4.79 Å². The van der Waals surface area contributed by atoms with Gasteiger partial charge in [0.1, 0.15) is 11.3 Å². The summed E-state index contributed by atoms with van der Waals surface area (Å²) in [5, 5.41) is 11.1. The second kappa shape index (κ2) is 7.61. The molecule has 0 saturated heterocycles. The smallest absolute Gasteiger partial charge is 0.326 e. The molecule has 5 nitrogen and oxygen atoms in total. The Morgan fingerprint density at radius 2 is 1.77 bits per heavy atom. The van der Waals surface area contributed by atoms with Gasteiger partial charge in [0.2, 0.25) is 5.91 Å². The van der Waals surface area contributed by atoms with Crippen LogP contribution in [0.5, 0.6) is 0 Å². The average Bonchev–Trinajstić information content (AvgIpc) is 2.55. The number of rotatable bonds is 6. The quantitative estimate of drug-likeness (QED) is 0.711. The Hall–Kier alpha value is -2.34. The average molecular weight is 316 g/mol. The van der Waals surface area contributed by atoms with Crippen LogP contribution in [0.2, 0.25) is 0 Å². The van der Waals surface area contributed by atoms with Crippen LogP contribution in [0, 0.1) is 0 Å². The maximum Gasteiger partial charge on any atom is 0.326 e. The van der Waals surface area contributed by atoms with Crippen LogP contribution in [-0.2, 0) is 16.0 Å². The SMILES string of the molecule is O=C(O)[C@H](Cc1ccccc1)NC(=O)[C@@H](S)c1ccncc1. The summed E-state index contributed by atoms with van der Waals surface area (Å²) in [5.41, 5.74) is 1.51. The van der Waals surface area contributed by atoms with Crippen LogP contribution < -0.4 is 5.32 Å². The number of hydrogen-bond acceptors (Lipinski definition) is 4. The summed E-state index contributed by atoms with van der Waals surface area (Å²) in [7, 11) is 0. The minimum atomic E-state index is -1.08. The highest BCUT2D eigenvalue weighted by molar-refractivity contribution is 7.81. The standard InChI is InChI=1S/C16H16N2O3S/c19-15(14(22)12-6-8-17-9-7-12)18-13(16(20)21)10-11-4-2-1-3-5-11/h1-9,13-14,22H,10H2,(H,18,19)(H,20,21)/t13-,14-/m0/s1. The number of pyridine rings is 1. The topological polar surface area (TPSA) is 79.3 Å². The fraction of sp³-hybridized carbons (Fsp3) is 0.188. The number of thiol groups is 1. The van der Waals surface area contributed by atoms with Gasteiger partial charge in [-0.2, -0.15) is 12.6 Å². The van der Waals surface area contributed by atoms with Crippen molar-refractivity contribution in [2.75, 3.05) is 0 Å². The lowest BCUT2D eigenvalue weighted by Gasteiger charge is -2.17. The Labute approximate surface area is 133 Å². The number of carboxylic acid groups (broad SMARTS) is 1. The maximum atomic E-state index is 12.2. The van der Waals surface area contributed by atoms with Crippen LogP contribution in [0.15, 0.2) is 54.9 Å². The van der Waals surface area contributed by atoms with Crippen molar-refractivity contribution in [2.45, 2.75) is 17.7 Å². The summed E-state index contributed by atoms with van der Waals surface area (Å²) in [5.74, 6) is -1.52. The number of aliphatic carboxylic acids is 1. The van der Waals surface area contributed by atoms with E-state index < -0.39 is 23.2 Å². The van der Waals surface area contributed by atoms with E-state index in [9.17, 15) is 14.7 Å². The lowest BCUT2D eigenvalue weighted by atomic mass is 10.1. The van der Waals surface area contributed by atoms with Crippen LogP contribution in [0.1, 0.15) is 16.4 Å². The summed E-state index contributed by atoms with van der Waals surface area (Å²) in [6, 6.07) is 11.5. The van der Waals surface area contributed by atoms with Crippen molar-refractivity contribution in [3.8, 4) is 0 Å². The van der Waals surface area contributed by atoms with Crippen molar-refractivity contribution in [3.63, 3.8) is 0 Å². The molecule has 1 aromatic carbocycles. The first-order chi connectivity index (χ1) is 10.6. The number of nitrogens with zero attached hydrogens (tertiary/aromatic N) is 1. The Morgan fingerprint density at radius 3 is 2.36 bits per heavy atom. The normalized spacial score (nSPS) is 13.1. The fourth-order valence-electron chi connectivity index (χ4n) is 2.00. The van der Waals surface area contributed by atoms with Crippen molar-refractivity contribution in [1.29, 1.82) is 0 Å². The second-order valence-electron chi connectivity index (χ2n) is 4.77. The molecule has 0 aliphatic rings. The van der Waals surface area contributed by atoms with E-state index in [1.165, 1.54) is 0 Å². The van der Waals surface area contributed by atoms with Crippen LogP contribution in [0.4, 0.5) is 0 Å². The van der Waals surface area contributed by atoms with E-state index in [2.05, 4.69) is 22.9 Å². The predicted octanol–water partition coefficient (Wildman–Crippen LogP) is 1.86. The van der Waals surface area contributed by atoms with Gasteiger partial charge in [0.05, 0.1) is 0 Å². The summed E-state index contributed by atoms with van der Waals surface area (Å²) in [6.45, 7) is 0. The zero-order valence-corrected chi connectivity index (χ0v) is 12.6. The van der Waals surface area contributed by atoms with E-state index in [0.29, 0.717) is 5.56 Å². The van der Waals surface area contributed by atoms with Crippen molar-refractivity contribution in [2.24, 2.45) is 0 Å². The third-order valence-corrected chi connectivity index (χ3v) is 3.70. The van der Waals surface area contributed by atoms with Gasteiger partial charge in [-0.05, 0) is 23.3 Å². The zero-order chi connectivity index (χ0) is 15.9. The summed E-state index contributed by atoms with van der Waals surface area (Å²) in [4.78, 5) is 27.4. The molecular formula is C16H16N2O3S. The number of carboxylic acids is 1. The molecule has 0 aliphatic heterocycles. The van der Waals surface area contributed by atoms with E-state index in [4.69, 9.17) is 0 Å². The lowest BCUT2D eigenvalue weighted by molar-refractivity contribution is -0.141. The molecule has 22 heavy (non-hydrogen) atoms. The van der Waals surface area contributed by atoms with E-state index in [1.807, 2.05) is 30.3 Å². The van der Waals surface area contributed by atoms with Crippen LogP contribution >= 0.6 is 12.6 Å². The second-order valence-corrected chi connectivity index (χ2v) is 5.29. The highest BCUT2D eigenvalue weighted by Gasteiger charge is 2.24. The van der Waals surface area contributed by atoms with Crippen LogP contribution in [0.25, 0.3) is 0 Å². The molecule has 0 fully saturated rings. The molecule has 2 atom stereocenters. The predicted molar refractivity (Wildman–Crippen MR) is 85.7 cm³/mol. The number of nitrogens with one attached hydrogen (secondary N) is 1. The summed E-state index contributed by atoms with van der Waals surface area (Å²) < 4.78 is 0. The molecule has 0 saturated carbocycles. The molecule has 2 N–H and O–H groups in total. The number of aromatic nitrogens is 1. The fourth-order valence-corrected chi connectivity index (χ4v) is 2.24. The first kappa shape index (κ1) is 16.0. The number of benzene rings is 1. The molecule has 0 aliphatic carbocycles. The van der Waals surface area contributed by atoms with Crippen molar-refractivity contribution in [1.82, 2.24) is 10.3 Å². The Balaban J connectivity index is 2.04. The zero-order valence-electron chi connectivity index (χ0n) is 11.7. The summed E-state index contributed by atoms with van der Waals surface area (Å²) in [6.07, 6.45) is 3.34. The minimum absolute atomic E-state index is 0.221. The number of carbonyl (C=O) groups is 2. The molecular weight excluding hydrogens is 300 g/mol. The van der Waals surface area contributed by atoms with Gasteiger partial charge in [0.15, 0.2) is 0 Å². The molecule has 0 radical (unpaired) electrons. The third kappa shape index (κ3) is 4.33. The van der Waals surface area contributed by atoms with E-state index in [1.54, 1.807) is 24.5 Å². The Bertz CT molecular complexity index is 634. The Morgan fingerprint density at radius 1 is 1.14 bits per heavy atom. The van der Waals surface area contributed by atoms with Crippen LogP contribution in [-0.4, -0.2) is 28.0 Å². The number of carbonyl (C=O) groups excluding carboxylic acids is 1. The number of hydrogen-bond donors (Lipinski definition) is 3. The molecule has 114 valence electrons. The van der Waals surface area contributed by atoms with Gasteiger partial charge in [0, 0.05) is 18.8 Å². The van der Waals surface area contributed by atoms with Crippen molar-refractivity contribution >= 4 is 24.5 Å². The minimum Gasteiger partial charge on any atom is -0.480 e. The van der Waals surface area contributed by atoms with E-state index >= 15 is 0 Å². The molecule has 0 bridgehead atoms. The highest BCUT2D eigenvalue weighted by atomic mass is 32.1. The molecule has 1 amide bonds. The molecule has 2 aromatic rings. The van der Waals surface area contributed by atoms with Gasteiger partial charge in [0.25, 0.3) is 0 Å². The first-order valence-electron chi connectivity index (χ1n) is 6.73. The lowest BCUT2D eigenvalue weighted by Crippen LogP contribution is -2.43. The summed E-state index contributed by atoms with van der Waals surface area (Å²) >= 11 is 4.25. The van der Waals surface area contributed by atoms with Gasteiger partial charge < -0.3 is 10.4 Å². The molecule has 6 heteroatoms. The van der Waals surface area contributed by atoms with Gasteiger partial charge in [-0.3, -0.25) is 9.78 Å². The molecule has 2 rings (SSSR count). The maximum absolute atomic E-state index is 12.2. The third-order valence-electron chi connectivity index (χ3n) is 3.17. The largest absolute Gasteiger partial charge is 0.480 e. The highest BCUT2D eigenvalue weighted by Crippen LogP contribution is 2.19. The van der Waals surface area contributed by atoms with E-state index in [0.717, 1.165) is 5.56 Å². The van der Waals surface area contributed by atoms with E-state index in [-0.39, 0.29) is 6.42 Å². The van der Waals surface area contributed by atoms with Crippen molar-refractivity contribution in [3.05, 3.63) is 66.0 Å². The molecule has 0 unspecified atom stereocenters. The molecule has 0 spiro atoms. The molecule has 1 heterocycles. The first-order valence-corrected chi connectivity index (χ1v) is 7.24. The molecule has 1 aromatic heterocycles. The monoisotopic (exact) mass is 316 g/mol. The van der Waals surface area contributed by atoms with Crippen molar-refractivity contribution < 1.29 is 14.7 Å². The van der Waals surface area contributed by atoms with Gasteiger partial charge >= 0.3 is 5.97 Å². The van der Waals surface area contributed by atoms with Crippen LogP contribution in [0.3, 0.4) is 0 Å². The van der Waals surface area contributed by atoms with Gasteiger partial charge in [-0.1, -0.05) is 30.3 Å². The Kier molecular flexibility index (Phi) is 5.55. The van der Waals surface area contributed by atoms with Gasteiger partial charge in [-0.15, -0.1) is 0 Å². The number of amides is 1.